The molecule has 0 saturated heterocycles. The molecule has 1 aliphatic rings. The van der Waals surface area contributed by atoms with E-state index >= 15 is 0 Å². The molecular weight excluding hydrogens is 316 g/mol. The first-order valence-corrected chi connectivity index (χ1v) is 7.44. The summed E-state index contributed by atoms with van der Waals surface area (Å²) >= 11 is 0. The molecule has 8 heteroatoms. The molecule has 0 heterocycles. The van der Waals surface area contributed by atoms with Crippen LogP contribution in [-0.4, -0.2) is 42.9 Å². The standard InChI is InChI=1S/C16H18N2O6/c1-10(19)11-2-6-13(7-3-11)23-9-15(21)24-8-14(20)18-16(22)17-12-4-5-12/h2-3,6-7,12H,4-5,8-9H2,1H3,(H2,17,18,20,22). The average Bonchev–Trinajstić information content (AvgIpc) is 3.35. The first-order valence-electron chi connectivity index (χ1n) is 7.44. The van der Waals surface area contributed by atoms with Gasteiger partial charge in [-0.1, -0.05) is 0 Å². The predicted molar refractivity (Wildman–Crippen MR) is 82.6 cm³/mol. The van der Waals surface area contributed by atoms with Crippen LogP contribution in [0.3, 0.4) is 0 Å². The quantitative estimate of drug-likeness (QED) is 0.564. The highest BCUT2D eigenvalue weighted by atomic mass is 16.6. The van der Waals surface area contributed by atoms with E-state index in [9.17, 15) is 19.2 Å². The molecule has 0 spiro atoms. The monoisotopic (exact) mass is 334 g/mol. The van der Waals surface area contributed by atoms with Crippen molar-refractivity contribution in [3.8, 4) is 5.75 Å². The minimum Gasteiger partial charge on any atom is -0.482 e. The molecule has 1 aromatic carbocycles. The smallest absolute Gasteiger partial charge is 0.344 e. The number of carbonyl (C=O) groups is 4. The van der Waals surface area contributed by atoms with Crippen LogP contribution < -0.4 is 15.4 Å². The number of ether oxygens (including phenoxy) is 2. The first kappa shape index (κ1) is 17.5. The molecule has 2 rings (SSSR count). The Balaban J connectivity index is 1.64. The molecule has 128 valence electrons. The molecule has 0 atom stereocenters. The van der Waals surface area contributed by atoms with Gasteiger partial charge in [0.1, 0.15) is 5.75 Å². The Bertz CT molecular complexity index is 636. The normalized spacial score (nSPS) is 12.9. The number of nitrogens with one attached hydrogen (secondary N) is 2. The fourth-order valence-corrected chi connectivity index (χ4v) is 1.73. The van der Waals surface area contributed by atoms with Crippen molar-refractivity contribution in [3.63, 3.8) is 0 Å². The number of carbonyl (C=O) groups excluding carboxylic acids is 4. The van der Waals surface area contributed by atoms with Crippen molar-refractivity contribution in [1.29, 1.82) is 0 Å². The van der Waals surface area contributed by atoms with Crippen LogP contribution in [0.5, 0.6) is 5.75 Å². The minimum absolute atomic E-state index is 0.0716. The van der Waals surface area contributed by atoms with E-state index < -0.39 is 24.5 Å². The van der Waals surface area contributed by atoms with Gasteiger partial charge in [-0.2, -0.15) is 0 Å². The zero-order valence-electron chi connectivity index (χ0n) is 13.2. The fraction of sp³-hybridized carbons (Fsp3) is 0.375. The van der Waals surface area contributed by atoms with Gasteiger partial charge in [-0.25, -0.2) is 9.59 Å². The second-order valence-electron chi connectivity index (χ2n) is 5.33. The van der Waals surface area contributed by atoms with Crippen LogP contribution in [0.4, 0.5) is 4.79 Å². The molecule has 0 radical (unpaired) electrons. The van der Waals surface area contributed by atoms with Crippen molar-refractivity contribution in [3.05, 3.63) is 29.8 Å². The van der Waals surface area contributed by atoms with E-state index in [1.165, 1.54) is 6.92 Å². The van der Waals surface area contributed by atoms with Gasteiger partial charge in [0.2, 0.25) is 0 Å². The summed E-state index contributed by atoms with van der Waals surface area (Å²) in [6, 6.07) is 5.80. The molecule has 0 aromatic heterocycles. The number of rotatable bonds is 7. The molecule has 1 saturated carbocycles. The van der Waals surface area contributed by atoms with Crippen molar-refractivity contribution < 1.29 is 28.7 Å². The van der Waals surface area contributed by atoms with Crippen molar-refractivity contribution in [1.82, 2.24) is 10.6 Å². The van der Waals surface area contributed by atoms with Crippen LogP contribution in [-0.2, 0) is 14.3 Å². The first-order chi connectivity index (χ1) is 11.4. The molecule has 3 amide bonds. The highest BCUT2D eigenvalue weighted by Gasteiger charge is 2.24. The van der Waals surface area contributed by atoms with E-state index in [1.807, 2.05) is 0 Å². The summed E-state index contributed by atoms with van der Waals surface area (Å²) in [5, 5.41) is 4.63. The number of imide groups is 1. The van der Waals surface area contributed by atoms with Crippen LogP contribution in [0, 0.1) is 0 Å². The summed E-state index contributed by atoms with van der Waals surface area (Å²) in [6.07, 6.45) is 1.81. The maximum atomic E-state index is 11.5. The predicted octanol–water partition coefficient (Wildman–Crippen LogP) is 0.799. The topological polar surface area (TPSA) is 111 Å². The maximum absolute atomic E-state index is 11.5. The Hall–Kier alpha value is -2.90. The summed E-state index contributed by atoms with van der Waals surface area (Å²) < 4.78 is 9.88. The van der Waals surface area contributed by atoms with Gasteiger partial charge in [0.05, 0.1) is 0 Å². The van der Waals surface area contributed by atoms with E-state index in [1.54, 1.807) is 24.3 Å². The van der Waals surface area contributed by atoms with Crippen molar-refractivity contribution in [2.75, 3.05) is 13.2 Å². The van der Waals surface area contributed by atoms with Crippen LogP contribution >= 0.6 is 0 Å². The van der Waals surface area contributed by atoms with Crippen LogP contribution in [0.2, 0.25) is 0 Å². The lowest BCUT2D eigenvalue weighted by molar-refractivity contribution is -0.150. The Morgan fingerprint density at radius 2 is 1.75 bits per heavy atom. The zero-order valence-corrected chi connectivity index (χ0v) is 13.2. The lowest BCUT2D eigenvalue weighted by atomic mass is 10.1. The van der Waals surface area contributed by atoms with Gasteiger partial charge in [0.25, 0.3) is 5.91 Å². The molecule has 2 N–H and O–H groups in total. The lowest BCUT2D eigenvalue weighted by Crippen LogP contribution is -2.42. The minimum atomic E-state index is -0.747. The summed E-state index contributed by atoms with van der Waals surface area (Å²) in [5.74, 6) is -1.14. The molecule has 0 bridgehead atoms. The van der Waals surface area contributed by atoms with Gasteiger partial charge in [-0.15, -0.1) is 0 Å². The van der Waals surface area contributed by atoms with E-state index in [2.05, 4.69) is 10.6 Å². The van der Waals surface area contributed by atoms with E-state index in [-0.39, 0.29) is 18.4 Å². The third-order valence-corrected chi connectivity index (χ3v) is 3.15. The number of ketones is 1. The van der Waals surface area contributed by atoms with Crippen molar-refractivity contribution >= 4 is 23.7 Å². The molecule has 8 nitrogen and oxygen atoms in total. The SMILES string of the molecule is CC(=O)c1ccc(OCC(=O)OCC(=O)NC(=O)NC2CC2)cc1. The van der Waals surface area contributed by atoms with Gasteiger partial charge < -0.3 is 14.8 Å². The highest BCUT2D eigenvalue weighted by molar-refractivity contribution is 5.95. The van der Waals surface area contributed by atoms with Crippen molar-refractivity contribution in [2.45, 2.75) is 25.8 Å². The van der Waals surface area contributed by atoms with Crippen LogP contribution in [0.1, 0.15) is 30.1 Å². The molecule has 24 heavy (non-hydrogen) atoms. The van der Waals surface area contributed by atoms with Gasteiger partial charge in [0, 0.05) is 11.6 Å². The number of esters is 1. The van der Waals surface area contributed by atoms with Gasteiger partial charge in [-0.3, -0.25) is 14.9 Å². The van der Waals surface area contributed by atoms with Crippen molar-refractivity contribution in [2.24, 2.45) is 0 Å². The van der Waals surface area contributed by atoms with E-state index in [0.29, 0.717) is 11.3 Å². The molecule has 1 aromatic rings. The molecule has 1 fully saturated rings. The third-order valence-electron chi connectivity index (χ3n) is 3.15. The number of urea groups is 1. The molecule has 1 aliphatic carbocycles. The fourth-order valence-electron chi connectivity index (χ4n) is 1.73. The lowest BCUT2D eigenvalue weighted by Gasteiger charge is -2.08. The second-order valence-corrected chi connectivity index (χ2v) is 5.33. The molecule has 0 aliphatic heterocycles. The van der Waals surface area contributed by atoms with E-state index in [4.69, 9.17) is 9.47 Å². The zero-order chi connectivity index (χ0) is 17.5. The molecule has 0 unspecified atom stereocenters. The second kappa shape index (κ2) is 8.09. The number of hydrogen-bond donors (Lipinski definition) is 2. The van der Waals surface area contributed by atoms with Gasteiger partial charge in [-0.05, 0) is 44.0 Å². The summed E-state index contributed by atoms with van der Waals surface area (Å²) in [6.45, 7) is 0.494. The Labute approximate surface area is 138 Å². The largest absolute Gasteiger partial charge is 0.482 e. The maximum Gasteiger partial charge on any atom is 0.344 e. The number of hydrogen-bond acceptors (Lipinski definition) is 6. The average molecular weight is 334 g/mol. The summed E-state index contributed by atoms with van der Waals surface area (Å²) in [4.78, 5) is 45.3. The summed E-state index contributed by atoms with van der Waals surface area (Å²) in [7, 11) is 0. The van der Waals surface area contributed by atoms with Gasteiger partial charge in [0.15, 0.2) is 19.0 Å². The number of amides is 3. The number of Topliss-reactive ketones (excluding diaryl/α,β-unsaturated/α-hetero) is 1. The third kappa shape index (κ3) is 6.07. The Kier molecular flexibility index (Phi) is 5.89. The summed E-state index contributed by atoms with van der Waals surface area (Å²) in [5.41, 5.74) is 0.533. The van der Waals surface area contributed by atoms with Crippen LogP contribution in [0.15, 0.2) is 24.3 Å². The van der Waals surface area contributed by atoms with Crippen LogP contribution in [0.25, 0.3) is 0 Å². The Morgan fingerprint density at radius 3 is 2.33 bits per heavy atom. The van der Waals surface area contributed by atoms with E-state index in [0.717, 1.165) is 12.8 Å². The number of benzene rings is 1. The van der Waals surface area contributed by atoms with Gasteiger partial charge >= 0.3 is 12.0 Å². The highest BCUT2D eigenvalue weighted by Crippen LogP contribution is 2.18. The Morgan fingerprint density at radius 1 is 1.08 bits per heavy atom. The molecular formula is C16H18N2O6.